The summed E-state index contributed by atoms with van der Waals surface area (Å²) >= 11 is 5.86. The summed E-state index contributed by atoms with van der Waals surface area (Å²) < 4.78 is 1.76. The average Bonchev–Trinajstić information content (AvgIpc) is 2.96. The number of fused-ring (bicyclic) bond motifs is 1. The van der Waals surface area contributed by atoms with Crippen molar-refractivity contribution in [1.29, 1.82) is 0 Å². The number of halogens is 1. The number of benzene rings is 2. The zero-order valence-corrected chi connectivity index (χ0v) is 14.7. The normalized spacial score (nSPS) is 12.3. The molecule has 1 unspecified atom stereocenters. The molecule has 3 aromatic rings. The zero-order chi connectivity index (χ0) is 17.8. The van der Waals surface area contributed by atoms with Crippen molar-refractivity contribution in [2.75, 3.05) is 6.54 Å². The number of para-hydroxylation sites is 2. The summed E-state index contributed by atoms with van der Waals surface area (Å²) in [6.07, 6.45) is -0.00844. The summed E-state index contributed by atoms with van der Waals surface area (Å²) in [5.74, 6) is 0.382. The summed E-state index contributed by atoms with van der Waals surface area (Å²) in [7, 11) is 0. The fraction of sp³-hybridized carbons (Fsp3) is 0.263. The number of aliphatic hydroxyl groups is 1. The van der Waals surface area contributed by atoms with E-state index in [1.165, 1.54) is 0 Å². The van der Waals surface area contributed by atoms with E-state index < -0.39 is 6.10 Å². The van der Waals surface area contributed by atoms with E-state index in [0.29, 0.717) is 17.4 Å². The van der Waals surface area contributed by atoms with Gasteiger partial charge in [0.1, 0.15) is 18.5 Å². The minimum absolute atomic E-state index is 0.112. The van der Waals surface area contributed by atoms with Gasteiger partial charge in [-0.25, -0.2) is 4.98 Å². The van der Waals surface area contributed by atoms with Gasteiger partial charge in [-0.1, -0.05) is 35.9 Å². The van der Waals surface area contributed by atoms with Crippen LogP contribution in [0.4, 0.5) is 0 Å². The summed E-state index contributed by atoms with van der Waals surface area (Å²) in [5.41, 5.74) is 2.72. The molecule has 6 heteroatoms. The molecule has 0 bridgehead atoms. The van der Waals surface area contributed by atoms with Crippen molar-refractivity contribution in [2.45, 2.75) is 26.0 Å². The first-order chi connectivity index (χ1) is 12.0. The van der Waals surface area contributed by atoms with Gasteiger partial charge in [-0.15, -0.1) is 0 Å². The number of hydrogen-bond acceptors (Lipinski definition) is 3. The molecule has 2 aromatic carbocycles. The monoisotopic (exact) mass is 357 g/mol. The van der Waals surface area contributed by atoms with Crippen molar-refractivity contribution in [3.8, 4) is 0 Å². The second kappa shape index (κ2) is 7.68. The van der Waals surface area contributed by atoms with Gasteiger partial charge in [0, 0.05) is 11.6 Å². The van der Waals surface area contributed by atoms with Crippen molar-refractivity contribution < 1.29 is 9.90 Å². The van der Waals surface area contributed by atoms with Gasteiger partial charge >= 0.3 is 0 Å². The van der Waals surface area contributed by atoms with E-state index in [1.807, 2.05) is 48.5 Å². The second-order valence-corrected chi connectivity index (χ2v) is 6.38. The van der Waals surface area contributed by atoms with Gasteiger partial charge in [0.05, 0.1) is 11.0 Å². The molecule has 1 atom stereocenters. The molecule has 2 N–H and O–H groups in total. The largest absolute Gasteiger partial charge is 0.385 e. The number of carbonyl (C=O) groups excluding carboxylic acids is 1. The van der Waals surface area contributed by atoms with Crippen LogP contribution < -0.4 is 5.32 Å². The van der Waals surface area contributed by atoms with Crippen molar-refractivity contribution in [3.05, 3.63) is 64.9 Å². The molecule has 25 heavy (non-hydrogen) atoms. The molecule has 130 valence electrons. The van der Waals surface area contributed by atoms with Gasteiger partial charge in [0.25, 0.3) is 0 Å². The fourth-order valence-electron chi connectivity index (χ4n) is 2.78. The van der Waals surface area contributed by atoms with Crippen molar-refractivity contribution in [3.63, 3.8) is 0 Å². The SMILES string of the molecule is CC(O)c1nc2ccccc2n1CC(=O)NCCc1ccc(Cl)cc1. The average molecular weight is 358 g/mol. The standard InChI is InChI=1S/C19H20ClN3O2/c1-13(24)19-22-16-4-2-3-5-17(16)23(19)12-18(25)21-11-10-14-6-8-15(20)9-7-14/h2-9,13,24H,10-12H2,1H3,(H,21,25). The summed E-state index contributed by atoms with van der Waals surface area (Å²) in [6, 6.07) is 15.1. The molecule has 1 aromatic heterocycles. The lowest BCUT2D eigenvalue weighted by molar-refractivity contribution is -0.121. The molecule has 0 fully saturated rings. The molecular weight excluding hydrogens is 338 g/mol. The number of aromatic nitrogens is 2. The van der Waals surface area contributed by atoms with Crippen LogP contribution in [0.2, 0.25) is 5.02 Å². The smallest absolute Gasteiger partial charge is 0.240 e. The van der Waals surface area contributed by atoms with E-state index in [9.17, 15) is 9.90 Å². The van der Waals surface area contributed by atoms with E-state index in [-0.39, 0.29) is 12.5 Å². The van der Waals surface area contributed by atoms with E-state index in [0.717, 1.165) is 23.0 Å². The van der Waals surface area contributed by atoms with Crippen LogP contribution in [0.15, 0.2) is 48.5 Å². The first-order valence-electron chi connectivity index (χ1n) is 8.19. The molecule has 0 aliphatic heterocycles. The number of nitrogens with zero attached hydrogens (tertiary/aromatic N) is 2. The highest BCUT2D eigenvalue weighted by Crippen LogP contribution is 2.20. The number of amides is 1. The van der Waals surface area contributed by atoms with Crippen molar-refractivity contribution in [2.24, 2.45) is 0 Å². The minimum Gasteiger partial charge on any atom is -0.385 e. The molecule has 1 amide bonds. The summed E-state index contributed by atoms with van der Waals surface area (Å²) in [6.45, 7) is 2.31. The van der Waals surface area contributed by atoms with Crippen LogP contribution in [-0.2, 0) is 17.8 Å². The molecule has 0 aliphatic rings. The molecule has 3 rings (SSSR count). The number of rotatable bonds is 6. The van der Waals surface area contributed by atoms with Gasteiger partial charge < -0.3 is 15.0 Å². The topological polar surface area (TPSA) is 67.2 Å². The van der Waals surface area contributed by atoms with Crippen LogP contribution in [0.25, 0.3) is 11.0 Å². The maximum absolute atomic E-state index is 12.3. The Morgan fingerprint density at radius 1 is 1.24 bits per heavy atom. The quantitative estimate of drug-likeness (QED) is 0.712. The summed E-state index contributed by atoms with van der Waals surface area (Å²) in [4.78, 5) is 16.7. The number of imidazole rings is 1. The maximum atomic E-state index is 12.3. The van der Waals surface area contributed by atoms with Gasteiger partial charge in [-0.2, -0.15) is 0 Å². The molecule has 1 heterocycles. The Kier molecular flexibility index (Phi) is 5.36. The fourth-order valence-corrected chi connectivity index (χ4v) is 2.90. The third-order valence-electron chi connectivity index (χ3n) is 4.01. The molecule has 0 saturated heterocycles. The Balaban J connectivity index is 1.65. The molecule has 5 nitrogen and oxygen atoms in total. The first-order valence-corrected chi connectivity index (χ1v) is 8.57. The Labute approximate surface area is 151 Å². The lowest BCUT2D eigenvalue weighted by Crippen LogP contribution is -2.30. The van der Waals surface area contributed by atoms with Crippen LogP contribution in [-0.4, -0.2) is 27.1 Å². The van der Waals surface area contributed by atoms with Crippen LogP contribution in [0.3, 0.4) is 0 Å². The Bertz CT molecular complexity index is 872. The van der Waals surface area contributed by atoms with E-state index in [1.54, 1.807) is 11.5 Å². The Hall–Kier alpha value is -2.37. The summed E-state index contributed by atoms with van der Waals surface area (Å²) in [5, 5.41) is 13.6. The zero-order valence-electron chi connectivity index (χ0n) is 13.9. The lowest BCUT2D eigenvalue weighted by atomic mass is 10.1. The second-order valence-electron chi connectivity index (χ2n) is 5.95. The highest BCUT2D eigenvalue weighted by Gasteiger charge is 2.16. The third kappa shape index (κ3) is 4.18. The predicted octanol–water partition coefficient (Wildman–Crippen LogP) is 3.10. The number of hydrogen-bond donors (Lipinski definition) is 2. The molecule has 0 radical (unpaired) electrons. The van der Waals surface area contributed by atoms with Gasteiger partial charge in [0.15, 0.2) is 0 Å². The number of nitrogens with one attached hydrogen (secondary N) is 1. The highest BCUT2D eigenvalue weighted by molar-refractivity contribution is 6.30. The molecular formula is C19H20ClN3O2. The number of carbonyl (C=O) groups is 1. The third-order valence-corrected chi connectivity index (χ3v) is 4.26. The lowest BCUT2D eigenvalue weighted by Gasteiger charge is -2.11. The van der Waals surface area contributed by atoms with Crippen molar-refractivity contribution >= 4 is 28.5 Å². The van der Waals surface area contributed by atoms with Gasteiger partial charge in [-0.05, 0) is 43.2 Å². The van der Waals surface area contributed by atoms with Crippen LogP contribution in [0.5, 0.6) is 0 Å². The van der Waals surface area contributed by atoms with E-state index in [2.05, 4.69) is 10.3 Å². The molecule has 0 spiro atoms. The number of aliphatic hydroxyl groups excluding tert-OH is 1. The van der Waals surface area contributed by atoms with E-state index in [4.69, 9.17) is 11.6 Å². The van der Waals surface area contributed by atoms with Crippen LogP contribution in [0.1, 0.15) is 24.4 Å². The Morgan fingerprint density at radius 2 is 1.96 bits per heavy atom. The first kappa shape index (κ1) is 17.5. The van der Waals surface area contributed by atoms with Crippen molar-refractivity contribution in [1.82, 2.24) is 14.9 Å². The van der Waals surface area contributed by atoms with E-state index >= 15 is 0 Å². The molecule has 0 aliphatic carbocycles. The van der Waals surface area contributed by atoms with Crippen LogP contribution in [0, 0.1) is 0 Å². The predicted molar refractivity (Wildman–Crippen MR) is 98.5 cm³/mol. The van der Waals surface area contributed by atoms with Crippen LogP contribution >= 0.6 is 11.6 Å². The highest BCUT2D eigenvalue weighted by atomic mass is 35.5. The van der Waals surface area contributed by atoms with Gasteiger partial charge in [0.2, 0.25) is 5.91 Å². The Morgan fingerprint density at radius 3 is 2.68 bits per heavy atom. The maximum Gasteiger partial charge on any atom is 0.240 e. The minimum atomic E-state index is -0.741. The van der Waals surface area contributed by atoms with Gasteiger partial charge in [-0.3, -0.25) is 4.79 Å². The molecule has 0 saturated carbocycles.